The van der Waals surface area contributed by atoms with Crippen molar-refractivity contribution >= 4 is 29.6 Å². The predicted molar refractivity (Wildman–Crippen MR) is 148 cm³/mol. The number of carbonyl (C=O) groups is 5. The van der Waals surface area contributed by atoms with E-state index in [1.54, 1.807) is 60.7 Å². The fraction of sp³-hybridized carbons (Fsp3) is 0.286. The number of hydrogen-bond acceptors (Lipinski definition) is 7. The van der Waals surface area contributed by atoms with Crippen LogP contribution in [0, 0.1) is 0 Å². The average molecular weight is 564 g/mol. The molecule has 13 nitrogen and oxygen atoms in total. The number of aliphatic carboxylic acids is 1. The maximum atomic E-state index is 13.3. The van der Waals surface area contributed by atoms with Crippen LogP contribution < -0.4 is 27.4 Å². The first-order valence-corrected chi connectivity index (χ1v) is 12.8. The van der Waals surface area contributed by atoms with Crippen molar-refractivity contribution < 1.29 is 29.1 Å². The molecule has 13 heteroatoms. The summed E-state index contributed by atoms with van der Waals surface area (Å²) < 4.78 is 0. The number of carboxylic acid groups (broad SMARTS) is 1. The minimum absolute atomic E-state index is 0.00661. The Hall–Kier alpha value is -5.04. The van der Waals surface area contributed by atoms with E-state index in [9.17, 15) is 29.1 Å². The summed E-state index contributed by atoms with van der Waals surface area (Å²) in [6, 6.07) is 12.5. The highest BCUT2D eigenvalue weighted by Crippen LogP contribution is 2.08. The molecule has 216 valence electrons. The van der Waals surface area contributed by atoms with Gasteiger partial charge in [0.05, 0.1) is 18.8 Å². The van der Waals surface area contributed by atoms with Gasteiger partial charge in [-0.05, 0) is 11.1 Å². The molecular weight excluding hydrogens is 530 g/mol. The smallest absolute Gasteiger partial charge is 0.326 e. The summed E-state index contributed by atoms with van der Waals surface area (Å²) in [4.78, 5) is 69.7. The van der Waals surface area contributed by atoms with Gasteiger partial charge in [0, 0.05) is 31.2 Å². The molecule has 3 rings (SSSR count). The van der Waals surface area contributed by atoms with Crippen LogP contribution in [-0.4, -0.2) is 68.8 Å². The van der Waals surface area contributed by atoms with Crippen LogP contribution in [0.2, 0.25) is 0 Å². The lowest BCUT2D eigenvalue weighted by molar-refractivity contribution is -0.142. The third kappa shape index (κ3) is 9.89. The maximum Gasteiger partial charge on any atom is 0.326 e. The molecule has 4 amide bonds. The first kappa shape index (κ1) is 30.5. The predicted octanol–water partition coefficient (Wildman–Crippen LogP) is -0.821. The van der Waals surface area contributed by atoms with E-state index in [4.69, 9.17) is 11.5 Å². The monoisotopic (exact) mass is 563 g/mol. The zero-order valence-electron chi connectivity index (χ0n) is 22.2. The molecule has 0 saturated heterocycles. The molecule has 1 heterocycles. The highest BCUT2D eigenvalue weighted by molar-refractivity contribution is 5.96. The molecule has 0 spiro atoms. The Kier molecular flexibility index (Phi) is 11.1. The van der Waals surface area contributed by atoms with Gasteiger partial charge < -0.3 is 37.5 Å². The van der Waals surface area contributed by atoms with E-state index >= 15 is 0 Å². The zero-order chi connectivity index (χ0) is 29.8. The molecule has 0 aliphatic heterocycles. The standard InChI is InChI=1S/C28H33N7O6/c29-20(13-19-15-31-16-32-19)25(37)33-22(14-24(30)36)27(39)34-21(11-17-7-3-1-4-8-17)26(38)35-23(28(40)41)12-18-9-5-2-6-10-18/h1-10,15-16,20-23H,11-14,29H2,(H2,30,36)(H,31,32)(H,33,37)(H,34,39)(H,35,38)(H,40,41). The van der Waals surface area contributed by atoms with Gasteiger partial charge >= 0.3 is 5.97 Å². The summed E-state index contributed by atoms with van der Waals surface area (Å²) in [6.07, 6.45) is 2.48. The number of imidazole rings is 1. The Labute approximate surface area is 236 Å². The molecule has 4 unspecified atom stereocenters. The van der Waals surface area contributed by atoms with Crippen LogP contribution in [0.3, 0.4) is 0 Å². The maximum absolute atomic E-state index is 13.3. The molecule has 9 N–H and O–H groups in total. The summed E-state index contributed by atoms with van der Waals surface area (Å²) in [5.74, 6) is -4.47. The second-order valence-corrected chi connectivity index (χ2v) is 9.46. The highest BCUT2D eigenvalue weighted by Gasteiger charge is 2.31. The number of carbonyl (C=O) groups excluding carboxylic acids is 4. The number of H-pyrrole nitrogens is 1. The molecule has 4 atom stereocenters. The van der Waals surface area contributed by atoms with Crippen molar-refractivity contribution in [1.82, 2.24) is 25.9 Å². The molecule has 0 bridgehead atoms. The van der Waals surface area contributed by atoms with Crippen LogP contribution in [0.1, 0.15) is 23.2 Å². The lowest BCUT2D eigenvalue weighted by Gasteiger charge is -2.25. The van der Waals surface area contributed by atoms with Gasteiger partial charge in [-0.1, -0.05) is 60.7 Å². The fourth-order valence-corrected chi connectivity index (χ4v) is 4.07. The van der Waals surface area contributed by atoms with Crippen molar-refractivity contribution in [2.24, 2.45) is 11.5 Å². The van der Waals surface area contributed by atoms with Crippen molar-refractivity contribution in [1.29, 1.82) is 0 Å². The number of primary amides is 1. The number of nitrogens with one attached hydrogen (secondary N) is 4. The first-order chi connectivity index (χ1) is 19.6. The van der Waals surface area contributed by atoms with Crippen molar-refractivity contribution in [2.75, 3.05) is 0 Å². The second kappa shape index (κ2) is 14.9. The third-order valence-corrected chi connectivity index (χ3v) is 6.18. The SMILES string of the molecule is NC(=O)CC(NC(=O)C(N)Cc1cnc[nH]1)C(=O)NC(Cc1ccccc1)C(=O)NC(Cc1ccccc1)C(=O)O. The number of rotatable bonds is 15. The van der Waals surface area contributed by atoms with Crippen molar-refractivity contribution in [2.45, 2.75) is 49.9 Å². The van der Waals surface area contributed by atoms with Crippen LogP contribution in [0.25, 0.3) is 0 Å². The van der Waals surface area contributed by atoms with E-state index in [1.807, 2.05) is 0 Å². The van der Waals surface area contributed by atoms with Gasteiger partial charge in [0.25, 0.3) is 0 Å². The summed E-state index contributed by atoms with van der Waals surface area (Å²) in [6.45, 7) is 0. The van der Waals surface area contributed by atoms with Crippen molar-refractivity contribution in [3.05, 3.63) is 90.0 Å². The molecule has 0 radical (unpaired) electrons. The summed E-state index contributed by atoms with van der Waals surface area (Å²) >= 11 is 0. The lowest BCUT2D eigenvalue weighted by atomic mass is 10.0. The summed E-state index contributed by atoms with van der Waals surface area (Å²) in [5.41, 5.74) is 13.2. The molecule has 0 aliphatic rings. The number of hydrogen-bond donors (Lipinski definition) is 7. The number of nitrogens with two attached hydrogens (primary N) is 2. The Morgan fingerprint density at radius 2 is 1.27 bits per heavy atom. The van der Waals surface area contributed by atoms with Gasteiger partial charge in [-0.25, -0.2) is 9.78 Å². The van der Waals surface area contributed by atoms with Gasteiger partial charge in [0.15, 0.2) is 0 Å². The number of aromatic amines is 1. The Morgan fingerprint density at radius 3 is 1.78 bits per heavy atom. The minimum atomic E-state index is -1.43. The average Bonchev–Trinajstić information content (AvgIpc) is 3.45. The lowest BCUT2D eigenvalue weighted by Crippen LogP contribution is -2.58. The number of amides is 4. The van der Waals surface area contributed by atoms with E-state index in [1.165, 1.54) is 12.5 Å². The fourth-order valence-electron chi connectivity index (χ4n) is 4.07. The number of aromatic nitrogens is 2. The molecule has 0 aliphatic carbocycles. The Bertz CT molecular complexity index is 1320. The minimum Gasteiger partial charge on any atom is -0.480 e. The van der Waals surface area contributed by atoms with Gasteiger partial charge in [-0.15, -0.1) is 0 Å². The quantitative estimate of drug-likeness (QED) is 0.123. The van der Waals surface area contributed by atoms with E-state index in [-0.39, 0.29) is 19.3 Å². The van der Waals surface area contributed by atoms with Gasteiger partial charge in [0.2, 0.25) is 23.6 Å². The van der Waals surface area contributed by atoms with Gasteiger partial charge in [-0.2, -0.15) is 0 Å². The summed E-state index contributed by atoms with van der Waals surface area (Å²) in [7, 11) is 0. The van der Waals surface area contributed by atoms with Gasteiger partial charge in [0.1, 0.15) is 18.1 Å². The van der Waals surface area contributed by atoms with E-state index in [0.717, 1.165) is 0 Å². The van der Waals surface area contributed by atoms with E-state index in [2.05, 4.69) is 25.9 Å². The Balaban J connectivity index is 1.76. The van der Waals surface area contributed by atoms with Crippen molar-refractivity contribution in [3.8, 4) is 0 Å². The molecule has 2 aromatic carbocycles. The van der Waals surface area contributed by atoms with Crippen LogP contribution in [0.15, 0.2) is 73.2 Å². The molecule has 1 aromatic heterocycles. The van der Waals surface area contributed by atoms with Crippen molar-refractivity contribution in [3.63, 3.8) is 0 Å². The summed E-state index contributed by atoms with van der Waals surface area (Å²) in [5, 5.41) is 17.2. The van der Waals surface area contributed by atoms with Gasteiger partial charge in [-0.3, -0.25) is 19.2 Å². The largest absolute Gasteiger partial charge is 0.480 e. The Morgan fingerprint density at radius 1 is 0.756 bits per heavy atom. The molecule has 0 saturated carbocycles. The highest BCUT2D eigenvalue weighted by atomic mass is 16.4. The van der Waals surface area contributed by atoms with E-state index < -0.39 is 60.2 Å². The topological polar surface area (TPSA) is 222 Å². The molecule has 41 heavy (non-hydrogen) atoms. The molecular formula is C28H33N7O6. The van der Waals surface area contributed by atoms with Crippen LogP contribution in [0.4, 0.5) is 0 Å². The molecule has 0 fully saturated rings. The first-order valence-electron chi connectivity index (χ1n) is 12.8. The normalized spacial score (nSPS) is 13.7. The molecule has 3 aromatic rings. The number of nitrogens with zero attached hydrogens (tertiary/aromatic N) is 1. The second-order valence-electron chi connectivity index (χ2n) is 9.46. The zero-order valence-corrected chi connectivity index (χ0v) is 22.2. The number of carboxylic acids is 1. The third-order valence-electron chi connectivity index (χ3n) is 6.18. The number of benzene rings is 2. The van der Waals surface area contributed by atoms with E-state index in [0.29, 0.717) is 16.8 Å². The van der Waals surface area contributed by atoms with Crippen LogP contribution in [-0.2, 0) is 43.2 Å². The van der Waals surface area contributed by atoms with Crippen LogP contribution >= 0.6 is 0 Å². The van der Waals surface area contributed by atoms with Crippen LogP contribution in [0.5, 0.6) is 0 Å².